The van der Waals surface area contributed by atoms with Gasteiger partial charge in [0.05, 0.1) is 5.52 Å². The number of hydrogen-bond acceptors (Lipinski definition) is 3. The summed E-state index contributed by atoms with van der Waals surface area (Å²) in [6, 6.07) is 86.3. The minimum atomic E-state index is 0.906. The standard InChI is InChI=1S/C60H41N3O/c1-3-13-45(14-4-1)62(49-37-29-43(30-38-49)51-19-11-21-55-53-17-7-9-23-57(53)61-59(51)55)47-33-25-41(26-34-47)42-27-35-48(36-28-42)63(46-15-5-2-6-16-46)50-39-31-44(32-40-50)52-20-12-22-56-54-18-8-10-24-58(54)64-60(52)56/h1-40,61H. The van der Waals surface area contributed by atoms with Crippen LogP contribution in [0.1, 0.15) is 0 Å². The lowest BCUT2D eigenvalue weighted by molar-refractivity contribution is 0.670. The Morgan fingerprint density at radius 2 is 0.688 bits per heavy atom. The topological polar surface area (TPSA) is 35.4 Å². The minimum absolute atomic E-state index is 0.906. The third-order valence-electron chi connectivity index (χ3n) is 12.4. The molecular formula is C60H41N3O. The first-order valence-electron chi connectivity index (χ1n) is 21.7. The summed E-state index contributed by atoms with van der Waals surface area (Å²) in [5.41, 5.74) is 17.5. The highest BCUT2D eigenvalue weighted by Gasteiger charge is 2.17. The zero-order valence-corrected chi connectivity index (χ0v) is 34.9. The van der Waals surface area contributed by atoms with E-state index in [4.69, 9.17) is 4.42 Å². The molecule has 10 aromatic carbocycles. The molecule has 0 amide bonds. The van der Waals surface area contributed by atoms with Crippen LogP contribution in [0.4, 0.5) is 34.1 Å². The van der Waals surface area contributed by atoms with Gasteiger partial charge in [-0.1, -0.05) is 158 Å². The van der Waals surface area contributed by atoms with Crippen molar-refractivity contribution in [3.8, 4) is 33.4 Å². The number of benzene rings is 10. The molecule has 2 heterocycles. The number of fused-ring (bicyclic) bond motifs is 6. The number of furan rings is 1. The monoisotopic (exact) mass is 819 g/mol. The summed E-state index contributed by atoms with van der Waals surface area (Å²) < 4.78 is 6.38. The van der Waals surface area contributed by atoms with Crippen molar-refractivity contribution >= 4 is 77.9 Å². The van der Waals surface area contributed by atoms with Crippen molar-refractivity contribution in [3.63, 3.8) is 0 Å². The van der Waals surface area contributed by atoms with Crippen molar-refractivity contribution in [2.75, 3.05) is 9.80 Å². The van der Waals surface area contributed by atoms with Crippen molar-refractivity contribution in [3.05, 3.63) is 243 Å². The maximum atomic E-state index is 6.38. The first-order valence-corrected chi connectivity index (χ1v) is 21.7. The highest BCUT2D eigenvalue weighted by atomic mass is 16.3. The van der Waals surface area contributed by atoms with E-state index < -0.39 is 0 Å². The van der Waals surface area contributed by atoms with E-state index in [0.29, 0.717) is 0 Å². The molecule has 0 saturated carbocycles. The zero-order chi connectivity index (χ0) is 42.4. The summed E-state index contributed by atoms with van der Waals surface area (Å²) in [6.45, 7) is 0. The van der Waals surface area contributed by atoms with E-state index in [-0.39, 0.29) is 0 Å². The van der Waals surface area contributed by atoms with Crippen molar-refractivity contribution in [2.45, 2.75) is 0 Å². The Morgan fingerprint density at radius 3 is 1.25 bits per heavy atom. The Bertz CT molecular complexity index is 3330. The summed E-state index contributed by atoms with van der Waals surface area (Å²) in [6.07, 6.45) is 0. The molecule has 1 N–H and O–H groups in total. The van der Waals surface area contributed by atoms with Gasteiger partial charge in [0.15, 0.2) is 0 Å². The van der Waals surface area contributed by atoms with Crippen LogP contribution < -0.4 is 9.80 Å². The number of anilines is 6. The SMILES string of the molecule is c1ccc(N(c2ccc(-c3ccc(N(c4ccccc4)c4ccc(-c5cccc6c5oc5ccccc56)cc4)cc3)cc2)c2ccc(-c3cccc4c3[nH]c3ccccc34)cc2)cc1. The Morgan fingerprint density at radius 1 is 0.281 bits per heavy atom. The molecule has 0 spiro atoms. The molecule has 12 aromatic rings. The first kappa shape index (κ1) is 37.2. The molecule has 0 saturated heterocycles. The van der Waals surface area contributed by atoms with E-state index in [1.165, 1.54) is 21.9 Å². The molecule has 0 aliphatic rings. The predicted molar refractivity (Wildman–Crippen MR) is 269 cm³/mol. The van der Waals surface area contributed by atoms with Crippen molar-refractivity contribution < 1.29 is 4.42 Å². The summed E-state index contributed by atoms with van der Waals surface area (Å²) in [7, 11) is 0. The van der Waals surface area contributed by atoms with E-state index in [2.05, 4.69) is 245 Å². The van der Waals surface area contributed by atoms with Crippen LogP contribution in [0.3, 0.4) is 0 Å². The maximum Gasteiger partial charge on any atom is 0.143 e. The van der Waals surface area contributed by atoms with Gasteiger partial charge < -0.3 is 19.2 Å². The average Bonchev–Trinajstić information content (AvgIpc) is 3.95. The second kappa shape index (κ2) is 15.7. The van der Waals surface area contributed by atoms with Gasteiger partial charge >= 0.3 is 0 Å². The Balaban J connectivity index is 0.835. The largest absolute Gasteiger partial charge is 0.455 e. The van der Waals surface area contributed by atoms with Crippen molar-refractivity contribution in [1.29, 1.82) is 0 Å². The molecule has 4 heteroatoms. The first-order chi connectivity index (χ1) is 31.7. The number of H-pyrrole nitrogens is 1. The van der Waals surface area contributed by atoms with Gasteiger partial charge in [-0.3, -0.25) is 0 Å². The molecule has 12 rings (SSSR count). The molecule has 0 aliphatic carbocycles. The molecule has 0 atom stereocenters. The molecule has 4 nitrogen and oxygen atoms in total. The minimum Gasteiger partial charge on any atom is -0.455 e. The molecule has 0 unspecified atom stereocenters. The van der Waals surface area contributed by atoms with Gasteiger partial charge in [-0.15, -0.1) is 0 Å². The van der Waals surface area contributed by atoms with Crippen LogP contribution in [0.5, 0.6) is 0 Å². The maximum absolute atomic E-state index is 6.38. The van der Waals surface area contributed by atoms with Crippen LogP contribution in [-0.4, -0.2) is 4.98 Å². The molecule has 0 bridgehead atoms. The summed E-state index contributed by atoms with van der Waals surface area (Å²) in [5.74, 6) is 0. The molecule has 0 aliphatic heterocycles. The molecule has 0 fully saturated rings. The summed E-state index contributed by atoms with van der Waals surface area (Å²) in [4.78, 5) is 8.30. The molecular weight excluding hydrogens is 779 g/mol. The van der Waals surface area contributed by atoms with E-state index in [1.807, 2.05) is 12.1 Å². The van der Waals surface area contributed by atoms with Gasteiger partial charge in [-0.2, -0.15) is 0 Å². The van der Waals surface area contributed by atoms with E-state index in [0.717, 1.165) is 89.4 Å². The average molecular weight is 820 g/mol. The Hall–Kier alpha value is -8.60. The second-order valence-corrected chi connectivity index (χ2v) is 16.2. The van der Waals surface area contributed by atoms with Crippen LogP contribution in [0.15, 0.2) is 247 Å². The fourth-order valence-electron chi connectivity index (χ4n) is 9.32. The lowest BCUT2D eigenvalue weighted by Crippen LogP contribution is -2.10. The number of para-hydroxylation sites is 6. The number of hydrogen-bond donors (Lipinski definition) is 1. The Kier molecular flexibility index (Phi) is 9.12. The normalized spacial score (nSPS) is 11.4. The van der Waals surface area contributed by atoms with Crippen LogP contribution in [0.2, 0.25) is 0 Å². The van der Waals surface area contributed by atoms with Gasteiger partial charge in [0.2, 0.25) is 0 Å². The summed E-state index contributed by atoms with van der Waals surface area (Å²) >= 11 is 0. The fourth-order valence-corrected chi connectivity index (χ4v) is 9.32. The number of nitrogens with one attached hydrogen (secondary N) is 1. The number of rotatable bonds is 9. The number of aromatic nitrogens is 1. The van der Waals surface area contributed by atoms with Crippen LogP contribution in [-0.2, 0) is 0 Å². The highest BCUT2D eigenvalue weighted by Crippen LogP contribution is 2.41. The number of nitrogens with zero attached hydrogens (tertiary/aromatic N) is 2. The third kappa shape index (κ3) is 6.57. The van der Waals surface area contributed by atoms with Crippen LogP contribution in [0, 0.1) is 0 Å². The second-order valence-electron chi connectivity index (χ2n) is 16.2. The zero-order valence-electron chi connectivity index (χ0n) is 34.9. The van der Waals surface area contributed by atoms with Gasteiger partial charge in [-0.05, 0) is 107 Å². The predicted octanol–water partition coefficient (Wildman–Crippen LogP) is 17.2. The summed E-state index contributed by atoms with van der Waals surface area (Å²) in [5, 5.41) is 4.76. The van der Waals surface area contributed by atoms with Crippen molar-refractivity contribution in [1.82, 2.24) is 4.98 Å². The van der Waals surface area contributed by atoms with Crippen LogP contribution >= 0.6 is 0 Å². The molecule has 0 radical (unpaired) electrons. The van der Waals surface area contributed by atoms with Crippen LogP contribution in [0.25, 0.3) is 77.1 Å². The quantitative estimate of drug-likeness (QED) is 0.158. The highest BCUT2D eigenvalue weighted by molar-refractivity contribution is 6.12. The Labute approximate surface area is 371 Å². The van der Waals surface area contributed by atoms with Crippen molar-refractivity contribution in [2.24, 2.45) is 0 Å². The fraction of sp³-hybridized carbons (Fsp3) is 0. The van der Waals surface area contributed by atoms with Gasteiger partial charge in [0.1, 0.15) is 11.2 Å². The van der Waals surface area contributed by atoms with Gasteiger partial charge in [0.25, 0.3) is 0 Å². The van der Waals surface area contributed by atoms with E-state index in [1.54, 1.807) is 0 Å². The third-order valence-corrected chi connectivity index (χ3v) is 12.4. The lowest BCUT2D eigenvalue weighted by Gasteiger charge is -2.26. The van der Waals surface area contributed by atoms with Gasteiger partial charge in [-0.25, -0.2) is 0 Å². The number of aromatic amines is 1. The molecule has 64 heavy (non-hydrogen) atoms. The van der Waals surface area contributed by atoms with Gasteiger partial charge in [0, 0.05) is 72.3 Å². The molecule has 2 aromatic heterocycles. The van der Waals surface area contributed by atoms with E-state index >= 15 is 0 Å². The molecule has 302 valence electrons. The lowest BCUT2D eigenvalue weighted by atomic mass is 10.0. The van der Waals surface area contributed by atoms with E-state index in [9.17, 15) is 0 Å². The smallest absolute Gasteiger partial charge is 0.143 e.